The van der Waals surface area contributed by atoms with Crippen LogP contribution in [-0.4, -0.2) is 60.0 Å². The molecule has 0 aromatic carbocycles. The highest BCUT2D eigenvalue weighted by Crippen LogP contribution is 2.25. The molecule has 1 rings (SSSR count). The zero-order chi connectivity index (χ0) is 18.7. The summed E-state index contributed by atoms with van der Waals surface area (Å²) in [7, 11) is 0. The van der Waals surface area contributed by atoms with Gasteiger partial charge in [0.1, 0.15) is 6.54 Å². The van der Waals surface area contributed by atoms with Crippen molar-refractivity contribution in [3.8, 4) is 0 Å². The van der Waals surface area contributed by atoms with Gasteiger partial charge in [0.25, 0.3) is 0 Å². The van der Waals surface area contributed by atoms with Gasteiger partial charge in [0.15, 0.2) is 0 Å². The molecule has 1 fully saturated rings. The first-order chi connectivity index (χ1) is 10.9. The predicted molar refractivity (Wildman–Crippen MR) is 85.0 cm³/mol. The average Bonchev–Trinajstić information content (AvgIpc) is 2.48. The van der Waals surface area contributed by atoms with E-state index in [-0.39, 0.29) is 19.0 Å². The summed E-state index contributed by atoms with van der Waals surface area (Å²) in [5, 5.41) is 0. The summed E-state index contributed by atoms with van der Waals surface area (Å²) in [5.74, 6) is -1.40. The molecule has 140 valence electrons. The van der Waals surface area contributed by atoms with E-state index in [9.17, 15) is 22.8 Å². The molecular weight excluding hydrogens is 323 g/mol. The Morgan fingerprint density at radius 3 is 2.33 bits per heavy atom. The highest BCUT2D eigenvalue weighted by atomic mass is 19.4. The van der Waals surface area contributed by atoms with E-state index in [1.807, 2.05) is 20.8 Å². The lowest BCUT2D eigenvalue weighted by Crippen LogP contribution is -2.55. The molecule has 1 aliphatic rings. The van der Waals surface area contributed by atoms with Crippen molar-refractivity contribution in [3.63, 3.8) is 0 Å². The van der Waals surface area contributed by atoms with E-state index >= 15 is 0 Å². The van der Waals surface area contributed by atoms with E-state index in [4.69, 9.17) is 5.73 Å². The Morgan fingerprint density at radius 2 is 1.88 bits per heavy atom. The van der Waals surface area contributed by atoms with Crippen molar-refractivity contribution in [1.82, 2.24) is 9.80 Å². The van der Waals surface area contributed by atoms with Gasteiger partial charge in [0.05, 0.1) is 12.0 Å². The quantitative estimate of drug-likeness (QED) is 0.843. The van der Waals surface area contributed by atoms with Crippen LogP contribution < -0.4 is 5.73 Å². The highest BCUT2D eigenvalue weighted by molar-refractivity contribution is 5.84. The summed E-state index contributed by atoms with van der Waals surface area (Å²) in [6, 6.07) is -0.705. The Hall–Kier alpha value is -1.31. The van der Waals surface area contributed by atoms with E-state index in [1.165, 1.54) is 11.8 Å². The van der Waals surface area contributed by atoms with Crippen LogP contribution in [-0.2, 0) is 9.59 Å². The van der Waals surface area contributed by atoms with Crippen LogP contribution in [0.2, 0.25) is 0 Å². The Morgan fingerprint density at radius 1 is 1.29 bits per heavy atom. The number of hydrogen-bond donors (Lipinski definition) is 1. The lowest BCUT2D eigenvalue weighted by Gasteiger charge is -2.38. The van der Waals surface area contributed by atoms with Crippen molar-refractivity contribution in [2.45, 2.75) is 52.8 Å². The third kappa shape index (κ3) is 5.65. The minimum atomic E-state index is -4.43. The molecule has 0 aromatic heterocycles. The Balaban J connectivity index is 2.77. The molecule has 0 spiro atoms. The zero-order valence-corrected chi connectivity index (χ0v) is 14.8. The van der Waals surface area contributed by atoms with Gasteiger partial charge in [-0.05, 0) is 25.2 Å². The fourth-order valence-electron chi connectivity index (χ4n) is 2.77. The summed E-state index contributed by atoms with van der Waals surface area (Å²) in [5.41, 5.74) is 5.56. The Labute approximate surface area is 141 Å². The van der Waals surface area contributed by atoms with Crippen LogP contribution >= 0.6 is 0 Å². The molecule has 2 atom stereocenters. The smallest absolute Gasteiger partial charge is 0.341 e. The van der Waals surface area contributed by atoms with Crippen LogP contribution in [0.15, 0.2) is 0 Å². The van der Waals surface area contributed by atoms with Gasteiger partial charge in [0.2, 0.25) is 11.8 Å². The van der Waals surface area contributed by atoms with Crippen molar-refractivity contribution in [2.75, 3.05) is 26.2 Å². The molecule has 1 aliphatic heterocycles. The molecule has 8 heteroatoms. The van der Waals surface area contributed by atoms with Crippen LogP contribution in [0.4, 0.5) is 13.2 Å². The van der Waals surface area contributed by atoms with Gasteiger partial charge in [-0.2, -0.15) is 13.2 Å². The molecular formula is C16H28F3N3O2. The molecule has 1 saturated heterocycles. The number of amides is 2. The molecule has 0 bridgehead atoms. The number of rotatable bonds is 4. The number of piperidine rings is 1. The Bertz CT molecular complexity index is 460. The van der Waals surface area contributed by atoms with Crippen molar-refractivity contribution in [3.05, 3.63) is 0 Å². The first kappa shape index (κ1) is 20.7. The third-order valence-corrected chi connectivity index (χ3v) is 4.34. The summed E-state index contributed by atoms with van der Waals surface area (Å²) in [6.45, 7) is 6.43. The number of alkyl halides is 3. The molecule has 5 nitrogen and oxygen atoms in total. The molecule has 0 aliphatic carbocycles. The lowest BCUT2D eigenvalue weighted by atomic mass is 9.85. The zero-order valence-electron chi connectivity index (χ0n) is 14.8. The fourth-order valence-corrected chi connectivity index (χ4v) is 2.77. The maximum absolute atomic E-state index is 12.6. The number of nitrogens with two attached hydrogens (primary N) is 1. The van der Waals surface area contributed by atoms with E-state index in [0.29, 0.717) is 19.4 Å². The van der Waals surface area contributed by atoms with Crippen molar-refractivity contribution in [2.24, 2.45) is 17.1 Å². The number of likely N-dealkylation sites (tertiary alicyclic amines) is 1. The lowest BCUT2D eigenvalue weighted by molar-refractivity contribution is -0.165. The second kappa shape index (κ2) is 7.72. The van der Waals surface area contributed by atoms with E-state index in [2.05, 4.69) is 0 Å². The molecule has 1 heterocycles. The standard InChI is InChI=1S/C16H28F3N3O2/c1-5-21(10-16(17,18)19)13(23)11-7-6-8-22(9-11)14(24)12(20)15(2,3)4/h11-12H,5-10,20H2,1-4H3/t11?,12-/m1/s1. The topological polar surface area (TPSA) is 66.6 Å². The van der Waals surface area contributed by atoms with Gasteiger partial charge < -0.3 is 15.5 Å². The normalized spacial score (nSPS) is 20.7. The largest absolute Gasteiger partial charge is 0.406 e. The van der Waals surface area contributed by atoms with Gasteiger partial charge in [-0.1, -0.05) is 20.8 Å². The van der Waals surface area contributed by atoms with Gasteiger partial charge in [0, 0.05) is 19.6 Å². The molecule has 0 radical (unpaired) electrons. The SMILES string of the molecule is CCN(CC(F)(F)F)C(=O)C1CCCN(C(=O)[C@@H](N)C(C)(C)C)C1. The number of halogens is 3. The van der Waals surface area contributed by atoms with Crippen molar-refractivity contribution >= 4 is 11.8 Å². The molecule has 2 N–H and O–H groups in total. The van der Waals surface area contributed by atoms with E-state index < -0.39 is 36.0 Å². The monoisotopic (exact) mass is 351 g/mol. The highest BCUT2D eigenvalue weighted by Gasteiger charge is 2.38. The summed E-state index contributed by atoms with van der Waals surface area (Å²) in [6.07, 6.45) is -3.35. The van der Waals surface area contributed by atoms with Gasteiger partial charge in [-0.25, -0.2) is 0 Å². The predicted octanol–water partition coefficient (Wildman–Crippen LogP) is 2.01. The third-order valence-electron chi connectivity index (χ3n) is 4.34. The minimum absolute atomic E-state index is 0.00963. The van der Waals surface area contributed by atoms with Crippen LogP contribution in [0.1, 0.15) is 40.5 Å². The first-order valence-corrected chi connectivity index (χ1v) is 8.26. The molecule has 0 saturated carbocycles. The fraction of sp³-hybridized carbons (Fsp3) is 0.875. The van der Waals surface area contributed by atoms with Crippen molar-refractivity contribution < 1.29 is 22.8 Å². The number of nitrogens with zero attached hydrogens (tertiary/aromatic N) is 2. The maximum Gasteiger partial charge on any atom is 0.406 e. The Kier molecular flexibility index (Phi) is 6.67. The summed E-state index contributed by atoms with van der Waals surface area (Å²) < 4.78 is 37.8. The molecule has 24 heavy (non-hydrogen) atoms. The van der Waals surface area contributed by atoms with E-state index in [1.54, 1.807) is 0 Å². The van der Waals surface area contributed by atoms with E-state index in [0.717, 1.165) is 4.90 Å². The summed E-state index contributed by atoms with van der Waals surface area (Å²) in [4.78, 5) is 27.2. The van der Waals surface area contributed by atoms with Gasteiger partial charge in [-0.15, -0.1) is 0 Å². The van der Waals surface area contributed by atoms with Gasteiger partial charge >= 0.3 is 6.18 Å². The van der Waals surface area contributed by atoms with Crippen LogP contribution in [0.3, 0.4) is 0 Å². The molecule has 1 unspecified atom stereocenters. The van der Waals surface area contributed by atoms with Crippen LogP contribution in [0.25, 0.3) is 0 Å². The first-order valence-electron chi connectivity index (χ1n) is 8.26. The van der Waals surface area contributed by atoms with Crippen molar-refractivity contribution in [1.29, 1.82) is 0 Å². The molecule has 2 amide bonds. The van der Waals surface area contributed by atoms with Crippen LogP contribution in [0, 0.1) is 11.3 Å². The number of carbonyl (C=O) groups is 2. The minimum Gasteiger partial charge on any atom is -0.341 e. The second-order valence-corrected chi connectivity index (χ2v) is 7.43. The second-order valence-electron chi connectivity index (χ2n) is 7.43. The number of hydrogen-bond acceptors (Lipinski definition) is 3. The summed E-state index contributed by atoms with van der Waals surface area (Å²) >= 11 is 0. The number of carbonyl (C=O) groups excluding carboxylic acids is 2. The average molecular weight is 351 g/mol. The van der Waals surface area contributed by atoms with Gasteiger partial charge in [-0.3, -0.25) is 9.59 Å². The molecule has 0 aromatic rings. The maximum atomic E-state index is 12.6. The van der Waals surface area contributed by atoms with Crippen LogP contribution in [0.5, 0.6) is 0 Å².